The Morgan fingerprint density at radius 2 is 2.53 bits per heavy atom. The van der Waals surface area contributed by atoms with Crippen molar-refractivity contribution < 1.29 is 4.74 Å². The van der Waals surface area contributed by atoms with Crippen LogP contribution in [0.15, 0.2) is 24.1 Å². The van der Waals surface area contributed by atoms with Gasteiger partial charge in [-0.3, -0.25) is 0 Å². The van der Waals surface area contributed by atoms with Crippen molar-refractivity contribution in [2.24, 2.45) is 0 Å². The second kappa shape index (κ2) is 7.79. The van der Waals surface area contributed by atoms with Crippen molar-refractivity contribution in [3.8, 4) is 5.75 Å². The fraction of sp³-hybridized carbons (Fsp3) is 0.455. The average molecular weight is 243 g/mol. The topological polar surface area (TPSA) is 21.3 Å². The standard InChI is InChI=1S/C11H17NOS2/c1-3-6-14-8-5-12-9-11-10(13-2)4-7-15-11/h3-4,7,12H,1,5-6,8-9H2,2H3. The lowest BCUT2D eigenvalue weighted by atomic mass is 10.4. The van der Waals surface area contributed by atoms with E-state index < -0.39 is 0 Å². The van der Waals surface area contributed by atoms with Gasteiger partial charge in [0, 0.05) is 24.6 Å². The molecule has 4 heteroatoms. The lowest BCUT2D eigenvalue weighted by Gasteiger charge is -2.04. The molecule has 1 heterocycles. The minimum absolute atomic E-state index is 0.898. The van der Waals surface area contributed by atoms with Crippen LogP contribution in [0, 0.1) is 0 Å². The second-order valence-corrected chi connectivity index (χ2v) is 5.10. The zero-order chi connectivity index (χ0) is 10.9. The van der Waals surface area contributed by atoms with Crippen molar-refractivity contribution in [2.75, 3.05) is 25.2 Å². The van der Waals surface area contributed by atoms with Crippen molar-refractivity contribution in [1.82, 2.24) is 5.32 Å². The fourth-order valence-corrected chi connectivity index (χ4v) is 2.58. The van der Waals surface area contributed by atoms with E-state index in [-0.39, 0.29) is 0 Å². The predicted octanol–water partition coefficient (Wildman–Crippen LogP) is 2.77. The molecule has 0 spiro atoms. The summed E-state index contributed by atoms with van der Waals surface area (Å²) < 4.78 is 5.23. The highest BCUT2D eigenvalue weighted by Gasteiger charge is 2.02. The van der Waals surface area contributed by atoms with Gasteiger partial charge in [0.25, 0.3) is 0 Å². The fourth-order valence-electron chi connectivity index (χ4n) is 1.15. The molecule has 0 amide bonds. The minimum atomic E-state index is 0.898. The van der Waals surface area contributed by atoms with Gasteiger partial charge in [-0.05, 0) is 11.4 Å². The van der Waals surface area contributed by atoms with Gasteiger partial charge in [-0.2, -0.15) is 11.8 Å². The molecule has 1 N–H and O–H groups in total. The summed E-state index contributed by atoms with van der Waals surface area (Å²) in [6.45, 7) is 5.61. The normalized spacial score (nSPS) is 10.2. The lowest BCUT2D eigenvalue weighted by Crippen LogP contribution is -2.16. The highest BCUT2D eigenvalue weighted by Crippen LogP contribution is 2.23. The number of nitrogens with one attached hydrogen (secondary N) is 1. The Morgan fingerprint density at radius 3 is 3.27 bits per heavy atom. The van der Waals surface area contributed by atoms with E-state index in [1.54, 1.807) is 18.4 Å². The van der Waals surface area contributed by atoms with Gasteiger partial charge in [0.1, 0.15) is 5.75 Å². The predicted molar refractivity (Wildman–Crippen MR) is 70.1 cm³/mol. The summed E-state index contributed by atoms with van der Waals surface area (Å²) in [4.78, 5) is 1.27. The number of rotatable bonds is 8. The van der Waals surface area contributed by atoms with Crippen molar-refractivity contribution in [1.29, 1.82) is 0 Å². The third kappa shape index (κ3) is 4.73. The van der Waals surface area contributed by atoms with E-state index in [0.717, 1.165) is 30.3 Å². The molecule has 0 bridgehead atoms. The van der Waals surface area contributed by atoms with Crippen LogP contribution >= 0.6 is 23.1 Å². The van der Waals surface area contributed by atoms with Gasteiger partial charge < -0.3 is 10.1 Å². The molecule has 0 aliphatic heterocycles. The number of hydrogen-bond acceptors (Lipinski definition) is 4. The van der Waals surface area contributed by atoms with Crippen LogP contribution in [0.4, 0.5) is 0 Å². The van der Waals surface area contributed by atoms with Crippen LogP contribution in [-0.4, -0.2) is 25.2 Å². The molecule has 0 saturated carbocycles. The van der Waals surface area contributed by atoms with Gasteiger partial charge in [0.05, 0.1) is 12.0 Å². The van der Waals surface area contributed by atoms with Gasteiger partial charge in [-0.1, -0.05) is 6.08 Å². The molecule has 1 rings (SSSR count). The van der Waals surface area contributed by atoms with Crippen LogP contribution in [0.2, 0.25) is 0 Å². The second-order valence-electron chi connectivity index (χ2n) is 2.95. The Morgan fingerprint density at radius 1 is 1.67 bits per heavy atom. The van der Waals surface area contributed by atoms with E-state index in [0.29, 0.717) is 0 Å². The summed E-state index contributed by atoms with van der Waals surface area (Å²) in [5, 5.41) is 5.45. The maximum absolute atomic E-state index is 5.23. The first-order chi connectivity index (χ1) is 7.38. The molecule has 0 atom stereocenters. The largest absolute Gasteiger partial charge is 0.496 e. The summed E-state index contributed by atoms with van der Waals surface area (Å²) >= 11 is 3.62. The monoisotopic (exact) mass is 243 g/mol. The Kier molecular flexibility index (Phi) is 6.55. The van der Waals surface area contributed by atoms with Crippen LogP contribution in [0.25, 0.3) is 0 Å². The SMILES string of the molecule is C=CCSCCNCc1sccc1OC. The molecule has 0 saturated heterocycles. The summed E-state index contributed by atoms with van der Waals surface area (Å²) in [5.74, 6) is 3.15. The summed E-state index contributed by atoms with van der Waals surface area (Å²) in [7, 11) is 1.71. The summed E-state index contributed by atoms with van der Waals surface area (Å²) in [5.41, 5.74) is 0. The van der Waals surface area contributed by atoms with Gasteiger partial charge in [-0.15, -0.1) is 17.9 Å². The average Bonchev–Trinajstić information content (AvgIpc) is 2.70. The van der Waals surface area contributed by atoms with Gasteiger partial charge >= 0.3 is 0 Å². The Labute approximate surface area is 99.7 Å². The van der Waals surface area contributed by atoms with E-state index >= 15 is 0 Å². The summed E-state index contributed by atoms with van der Waals surface area (Å²) in [6, 6.07) is 2.01. The van der Waals surface area contributed by atoms with Crippen LogP contribution in [-0.2, 0) is 6.54 Å². The molecule has 0 aliphatic carbocycles. The molecular weight excluding hydrogens is 226 g/mol. The molecule has 84 valence electrons. The minimum Gasteiger partial charge on any atom is -0.496 e. The molecular formula is C11H17NOS2. The molecule has 2 nitrogen and oxygen atoms in total. The van der Waals surface area contributed by atoms with Crippen LogP contribution in [0.1, 0.15) is 4.88 Å². The molecule has 0 fully saturated rings. The quantitative estimate of drug-likeness (QED) is 0.560. The Balaban J connectivity index is 2.12. The zero-order valence-corrected chi connectivity index (χ0v) is 10.6. The van der Waals surface area contributed by atoms with Gasteiger partial charge in [-0.25, -0.2) is 0 Å². The Bertz CT molecular complexity index is 286. The van der Waals surface area contributed by atoms with Crippen LogP contribution < -0.4 is 10.1 Å². The first-order valence-electron chi connectivity index (χ1n) is 4.88. The van der Waals surface area contributed by atoms with E-state index in [1.165, 1.54) is 4.88 Å². The van der Waals surface area contributed by atoms with Gasteiger partial charge in [0.15, 0.2) is 0 Å². The van der Waals surface area contributed by atoms with Crippen LogP contribution in [0.5, 0.6) is 5.75 Å². The number of thioether (sulfide) groups is 1. The molecule has 0 aromatic carbocycles. The molecule has 15 heavy (non-hydrogen) atoms. The number of thiophene rings is 1. The smallest absolute Gasteiger partial charge is 0.134 e. The van der Waals surface area contributed by atoms with E-state index in [4.69, 9.17) is 4.74 Å². The highest BCUT2D eigenvalue weighted by atomic mass is 32.2. The third-order valence-electron chi connectivity index (χ3n) is 1.87. The maximum Gasteiger partial charge on any atom is 0.134 e. The molecule has 0 radical (unpaired) electrons. The highest BCUT2D eigenvalue weighted by molar-refractivity contribution is 7.99. The number of ether oxygens (including phenoxy) is 1. The lowest BCUT2D eigenvalue weighted by molar-refractivity contribution is 0.411. The zero-order valence-electron chi connectivity index (χ0n) is 8.99. The molecule has 0 aliphatic rings. The van der Waals surface area contributed by atoms with Crippen molar-refractivity contribution in [2.45, 2.75) is 6.54 Å². The number of hydrogen-bond donors (Lipinski definition) is 1. The maximum atomic E-state index is 5.23. The van der Waals surface area contributed by atoms with Crippen molar-refractivity contribution >= 4 is 23.1 Å². The van der Waals surface area contributed by atoms with Gasteiger partial charge in [0.2, 0.25) is 0 Å². The van der Waals surface area contributed by atoms with E-state index in [2.05, 4.69) is 17.3 Å². The first kappa shape index (κ1) is 12.6. The van der Waals surface area contributed by atoms with E-state index in [9.17, 15) is 0 Å². The third-order valence-corrected chi connectivity index (χ3v) is 3.74. The van der Waals surface area contributed by atoms with Crippen molar-refractivity contribution in [3.63, 3.8) is 0 Å². The number of methoxy groups -OCH3 is 1. The van der Waals surface area contributed by atoms with E-state index in [1.807, 2.05) is 23.9 Å². The molecule has 0 unspecified atom stereocenters. The molecule has 1 aromatic rings. The molecule has 1 aromatic heterocycles. The Hall–Kier alpha value is -0.450. The summed E-state index contributed by atoms with van der Waals surface area (Å²) in [6.07, 6.45) is 1.94. The first-order valence-corrected chi connectivity index (χ1v) is 6.91. The van der Waals surface area contributed by atoms with Crippen molar-refractivity contribution in [3.05, 3.63) is 29.0 Å². The van der Waals surface area contributed by atoms with Crippen LogP contribution in [0.3, 0.4) is 0 Å².